The predicted molar refractivity (Wildman–Crippen MR) is 138 cm³/mol. The first kappa shape index (κ1) is 23.2. The molecule has 35 heavy (non-hydrogen) atoms. The number of aryl methyl sites for hydroxylation is 1. The number of anilines is 1. The monoisotopic (exact) mass is 507 g/mol. The number of carbonyl (C=O) groups excluding carboxylic acids is 2. The minimum atomic E-state index is -0.260. The first-order chi connectivity index (χ1) is 16.9. The van der Waals surface area contributed by atoms with E-state index in [0.717, 1.165) is 16.7 Å². The molecule has 0 saturated carbocycles. The Kier molecular flexibility index (Phi) is 6.33. The van der Waals surface area contributed by atoms with Gasteiger partial charge in [-0.2, -0.15) is 0 Å². The number of amides is 2. The Bertz CT molecular complexity index is 1360. The second-order valence-corrected chi connectivity index (χ2v) is 9.61. The van der Waals surface area contributed by atoms with Crippen LogP contribution in [0.3, 0.4) is 0 Å². The maximum atomic E-state index is 13.1. The molecular formula is C25H21N3O5S2. The largest absolute Gasteiger partial charge is 0.457 e. The summed E-state index contributed by atoms with van der Waals surface area (Å²) in [6.45, 7) is 2.43. The third kappa shape index (κ3) is 4.81. The van der Waals surface area contributed by atoms with Gasteiger partial charge in [0.05, 0.1) is 18.0 Å². The summed E-state index contributed by atoms with van der Waals surface area (Å²) in [5.74, 6) is 2.13. The summed E-state index contributed by atoms with van der Waals surface area (Å²) in [7, 11) is 0. The molecule has 1 aromatic heterocycles. The van der Waals surface area contributed by atoms with E-state index in [4.69, 9.17) is 31.8 Å². The van der Waals surface area contributed by atoms with Gasteiger partial charge in [-0.05, 0) is 66.6 Å². The van der Waals surface area contributed by atoms with E-state index in [9.17, 15) is 9.59 Å². The molecule has 2 aliphatic heterocycles. The molecule has 10 heteroatoms. The van der Waals surface area contributed by atoms with Crippen molar-refractivity contribution in [3.8, 4) is 22.8 Å². The summed E-state index contributed by atoms with van der Waals surface area (Å²) < 4.78 is 17.3. The second-order valence-electron chi connectivity index (χ2n) is 7.93. The third-order valence-electron chi connectivity index (χ3n) is 5.57. The van der Waals surface area contributed by atoms with Crippen LogP contribution < -0.4 is 20.5 Å². The average Bonchev–Trinajstić information content (AvgIpc) is 3.56. The molecule has 0 atom stereocenters. The minimum absolute atomic E-state index is 0.0775. The fourth-order valence-electron chi connectivity index (χ4n) is 3.71. The molecule has 3 aromatic rings. The fourth-order valence-corrected chi connectivity index (χ4v) is 4.94. The number of benzene rings is 2. The first-order valence-electron chi connectivity index (χ1n) is 10.8. The molecule has 5 rings (SSSR count). The van der Waals surface area contributed by atoms with Crippen LogP contribution >= 0.6 is 24.0 Å². The van der Waals surface area contributed by atoms with Crippen LogP contribution in [0.2, 0.25) is 0 Å². The molecule has 0 spiro atoms. The van der Waals surface area contributed by atoms with E-state index in [2.05, 4.69) is 5.32 Å². The maximum Gasteiger partial charge on any atom is 0.266 e. The number of thioether (sulfide) groups is 1. The number of nitrogens with two attached hydrogens (primary N) is 1. The van der Waals surface area contributed by atoms with Gasteiger partial charge >= 0.3 is 0 Å². The molecule has 3 N–H and O–H groups in total. The summed E-state index contributed by atoms with van der Waals surface area (Å²) in [6.07, 6.45) is 1.70. The second kappa shape index (κ2) is 9.57. The smallest absolute Gasteiger partial charge is 0.266 e. The van der Waals surface area contributed by atoms with E-state index in [1.807, 2.05) is 37.3 Å². The maximum absolute atomic E-state index is 13.1. The molecule has 1 saturated heterocycles. The van der Waals surface area contributed by atoms with E-state index < -0.39 is 0 Å². The lowest BCUT2D eigenvalue weighted by Crippen LogP contribution is -2.27. The molecule has 3 heterocycles. The van der Waals surface area contributed by atoms with Crippen LogP contribution in [0, 0.1) is 6.92 Å². The van der Waals surface area contributed by atoms with Crippen LogP contribution in [0.1, 0.15) is 16.9 Å². The number of carbonyl (C=O) groups is 2. The number of fused-ring (bicyclic) bond motifs is 1. The molecule has 0 aliphatic carbocycles. The number of ether oxygens (including phenoxy) is 2. The van der Waals surface area contributed by atoms with Crippen molar-refractivity contribution in [2.24, 2.45) is 5.73 Å². The lowest BCUT2D eigenvalue weighted by Gasteiger charge is -2.16. The van der Waals surface area contributed by atoms with Crippen LogP contribution in [-0.4, -0.2) is 34.4 Å². The van der Waals surface area contributed by atoms with Crippen molar-refractivity contribution in [3.63, 3.8) is 0 Å². The van der Waals surface area contributed by atoms with E-state index in [0.29, 0.717) is 44.5 Å². The van der Waals surface area contributed by atoms with Gasteiger partial charge in [-0.25, -0.2) is 0 Å². The van der Waals surface area contributed by atoms with Crippen molar-refractivity contribution < 1.29 is 23.5 Å². The molecule has 178 valence electrons. The number of hydrogen-bond acceptors (Lipinski definition) is 8. The van der Waals surface area contributed by atoms with Gasteiger partial charge in [-0.15, -0.1) is 0 Å². The van der Waals surface area contributed by atoms with Crippen molar-refractivity contribution in [1.29, 1.82) is 0 Å². The lowest BCUT2D eigenvalue weighted by molar-refractivity contribution is -0.122. The standard InChI is InChI=1S/C25H21N3O5S2/c1-14-8-20-21(32-13-31-20)9-16(14)12-28-24(30)22(35-25(28)34)10-18-6-7-19(33-18)15-2-4-17(5-3-15)27-23(29)11-26/h2-10H,11-13,26H2,1H3,(H,27,29)/b22-10-. The van der Waals surface area contributed by atoms with Gasteiger partial charge in [0.25, 0.3) is 5.91 Å². The van der Waals surface area contributed by atoms with Gasteiger partial charge in [0, 0.05) is 17.3 Å². The molecular weight excluding hydrogens is 486 g/mol. The lowest BCUT2D eigenvalue weighted by atomic mass is 10.1. The SMILES string of the molecule is Cc1cc2c(cc1CN1C(=O)/C(=C/c3ccc(-c4ccc(NC(=O)CN)cc4)o3)SC1=S)OCO2. The molecule has 0 bridgehead atoms. The Morgan fingerprint density at radius 3 is 2.66 bits per heavy atom. The zero-order chi connectivity index (χ0) is 24.5. The van der Waals surface area contributed by atoms with Gasteiger partial charge in [0.15, 0.2) is 11.5 Å². The number of hydrogen-bond donors (Lipinski definition) is 2. The summed E-state index contributed by atoms with van der Waals surface area (Å²) in [5, 5.41) is 2.70. The number of furan rings is 1. The van der Waals surface area contributed by atoms with Gasteiger partial charge in [0.1, 0.15) is 15.8 Å². The van der Waals surface area contributed by atoms with Crippen molar-refractivity contribution in [3.05, 3.63) is 70.3 Å². The third-order valence-corrected chi connectivity index (χ3v) is 6.95. The Hall–Kier alpha value is -3.60. The van der Waals surface area contributed by atoms with E-state index >= 15 is 0 Å². The van der Waals surface area contributed by atoms with Gasteiger partial charge in [-0.3, -0.25) is 14.5 Å². The van der Waals surface area contributed by atoms with Gasteiger partial charge < -0.3 is 24.9 Å². The van der Waals surface area contributed by atoms with Crippen LogP contribution in [0.15, 0.2) is 57.9 Å². The molecule has 0 unspecified atom stereocenters. The van der Waals surface area contributed by atoms with Crippen LogP contribution in [0.25, 0.3) is 17.4 Å². The molecule has 0 radical (unpaired) electrons. The summed E-state index contributed by atoms with van der Waals surface area (Å²) >= 11 is 6.73. The summed E-state index contributed by atoms with van der Waals surface area (Å²) in [5.41, 5.74) is 8.75. The van der Waals surface area contributed by atoms with Crippen LogP contribution in [0.5, 0.6) is 11.5 Å². The average molecular weight is 508 g/mol. The van der Waals surface area contributed by atoms with E-state index in [-0.39, 0.29) is 25.2 Å². The number of nitrogens with zero attached hydrogens (tertiary/aromatic N) is 1. The predicted octanol–water partition coefficient (Wildman–Crippen LogP) is 4.28. The number of thiocarbonyl (C=S) groups is 1. The first-order valence-corrected chi connectivity index (χ1v) is 12.0. The highest BCUT2D eigenvalue weighted by atomic mass is 32.2. The molecule has 8 nitrogen and oxygen atoms in total. The zero-order valence-corrected chi connectivity index (χ0v) is 20.3. The van der Waals surface area contributed by atoms with E-state index in [1.165, 1.54) is 11.8 Å². The van der Waals surface area contributed by atoms with Crippen molar-refractivity contribution in [2.45, 2.75) is 13.5 Å². The molecule has 2 aliphatic rings. The Morgan fingerprint density at radius 1 is 1.17 bits per heavy atom. The van der Waals surface area contributed by atoms with Crippen LogP contribution in [0.4, 0.5) is 5.69 Å². The van der Waals surface area contributed by atoms with E-state index in [1.54, 1.807) is 29.2 Å². The molecule has 1 fully saturated rings. The number of nitrogens with one attached hydrogen (secondary N) is 1. The Balaban J connectivity index is 1.30. The van der Waals surface area contributed by atoms with Crippen molar-refractivity contribution >= 4 is 51.9 Å². The number of rotatable bonds is 6. The van der Waals surface area contributed by atoms with Gasteiger partial charge in [0.2, 0.25) is 12.7 Å². The van der Waals surface area contributed by atoms with Crippen molar-refractivity contribution in [1.82, 2.24) is 4.90 Å². The highest BCUT2D eigenvalue weighted by molar-refractivity contribution is 8.26. The Labute approximate surface area is 211 Å². The summed E-state index contributed by atoms with van der Waals surface area (Å²) in [6, 6.07) is 14.6. The Morgan fingerprint density at radius 2 is 1.91 bits per heavy atom. The van der Waals surface area contributed by atoms with Crippen LogP contribution in [-0.2, 0) is 16.1 Å². The molecule has 2 amide bonds. The zero-order valence-electron chi connectivity index (χ0n) is 18.7. The highest BCUT2D eigenvalue weighted by Crippen LogP contribution is 2.38. The summed E-state index contributed by atoms with van der Waals surface area (Å²) in [4.78, 5) is 26.6. The normalized spacial score (nSPS) is 15.8. The van der Waals surface area contributed by atoms with Gasteiger partial charge in [-0.1, -0.05) is 24.0 Å². The highest BCUT2D eigenvalue weighted by Gasteiger charge is 2.33. The topological polar surface area (TPSA) is 107 Å². The molecule has 2 aromatic carbocycles. The van der Waals surface area contributed by atoms with Crippen molar-refractivity contribution in [2.75, 3.05) is 18.7 Å². The fraction of sp³-hybridized carbons (Fsp3) is 0.160. The minimum Gasteiger partial charge on any atom is -0.457 e. The quantitative estimate of drug-likeness (QED) is 0.376.